The monoisotopic (exact) mass is 310 g/mol. The van der Waals surface area contributed by atoms with E-state index in [1.165, 1.54) is 12.8 Å². The molecule has 1 aromatic carbocycles. The first kappa shape index (κ1) is 18.0. The number of hydrogen-bond acceptors (Lipinski definition) is 2. The standard InChI is InChI=1S/C17H26N2O.ClH/c1-13(2)11-14-7-6-10-19(12-14)17(20)16(18)15-8-4-3-5-9-15;/h3-5,8-9,13-14,16H,6-7,10-12,18H2,1-2H3;1H. The van der Waals surface area contributed by atoms with Gasteiger partial charge in [0.05, 0.1) is 0 Å². The van der Waals surface area contributed by atoms with E-state index < -0.39 is 6.04 Å². The molecule has 0 aliphatic carbocycles. The Balaban J connectivity index is 0.00000220. The fraction of sp³-hybridized carbons (Fsp3) is 0.588. The summed E-state index contributed by atoms with van der Waals surface area (Å²) in [4.78, 5) is 14.5. The quantitative estimate of drug-likeness (QED) is 0.926. The number of piperidine rings is 1. The minimum Gasteiger partial charge on any atom is -0.341 e. The van der Waals surface area contributed by atoms with Crippen molar-refractivity contribution in [3.05, 3.63) is 35.9 Å². The minimum atomic E-state index is -0.519. The van der Waals surface area contributed by atoms with Gasteiger partial charge in [-0.1, -0.05) is 44.2 Å². The summed E-state index contributed by atoms with van der Waals surface area (Å²) in [7, 11) is 0. The van der Waals surface area contributed by atoms with Gasteiger partial charge in [0.1, 0.15) is 6.04 Å². The molecule has 1 fully saturated rings. The predicted octanol–water partition coefficient (Wildman–Crippen LogP) is 3.39. The van der Waals surface area contributed by atoms with Crippen LogP contribution < -0.4 is 5.73 Å². The Morgan fingerprint density at radius 1 is 1.33 bits per heavy atom. The molecule has 1 saturated heterocycles. The van der Waals surface area contributed by atoms with Gasteiger partial charge in [-0.05, 0) is 36.7 Å². The van der Waals surface area contributed by atoms with Gasteiger partial charge in [0.25, 0.3) is 0 Å². The van der Waals surface area contributed by atoms with Crippen molar-refractivity contribution in [2.24, 2.45) is 17.6 Å². The van der Waals surface area contributed by atoms with Crippen molar-refractivity contribution in [2.75, 3.05) is 13.1 Å². The molecule has 4 heteroatoms. The second kappa shape index (κ2) is 8.40. The van der Waals surface area contributed by atoms with Crippen LogP contribution in [0.4, 0.5) is 0 Å². The van der Waals surface area contributed by atoms with E-state index in [0.29, 0.717) is 11.8 Å². The van der Waals surface area contributed by atoms with E-state index in [1.54, 1.807) is 0 Å². The first-order chi connectivity index (χ1) is 9.58. The number of likely N-dealkylation sites (tertiary alicyclic amines) is 1. The molecular weight excluding hydrogens is 284 g/mol. The number of nitrogens with two attached hydrogens (primary N) is 1. The summed E-state index contributed by atoms with van der Waals surface area (Å²) in [6.45, 7) is 6.22. The molecule has 0 aromatic heterocycles. The zero-order valence-corrected chi connectivity index (χ0v) is 13.8. The summed E-state index contributed by atoms with van der Waals surface area (Å²) in [5, 5.41) is 0. The summed E-state index contributed by atoms with van der Waals surface area (Å²) in [6, 6.07) is 9.14. The molecule has 1 heterocycles. The molecule has 2 rings (SSSR count). The van der Waals surface area contributed by atoms with Gasteiger partial charge in [0, 0.05) is 13.1 Å². The first-order valence-corrected chi connectivity index (χ1v) is 7.67. The van der Waals surface area contributed by atoms with Crippen molar-refractivity contribution < 1.29 is 4.79 Å². The Labute approximate surface area is 134 Å². The lowest BCUT2D eigenvalue weighted by Crippen LogP contribution is -2.44. The maximum Gasteiger partial charge on any atom is 0.244 e. The van der Waals surface area contributed by atoms with E-state index in [1.807, 2.05) is 35.2 Å². The molecule has 0 bridgehead atoms. The smallest absolute Gasteiger partial charge is 0.244 e. The largest absolute Gasteiger partial charge is 0.341 e. The molecule has 2 atom stereocenters. The Morgan fingerprint density at radius 2 is 2.00 bits per heavy atom. The highest BCUT2D eigenvalue weighted by molar-refractivity contribution is 5.85. The highest BCUT2D eigenvalue weighted by Crippen LogP contribution is 2.25. The number of carbonyl (C=O) groups excluding carboxylic acids is 1. The Morgan fingerprint density at radius 3 is 2.62 bits per heavy atom. The number of rotatable bonds is 4. The van der Waals surface area contributed by atoms with Crippen LogP contribution >= 0.6 is 12.4 Å². The molecule has 1 aliphatic rings. The normalized spacial score (nSPS) is 20.0. The summed E-state index contributed by atoms with van der Waals surface area (Å²) in [5.41, 5.74) is 7.03. The number of carbonyl (C=O) groups is 1. The average molecular weight is 311 g/mol. The number of halogens is 1. The van der Waals surface area contributed by atoms with Crippen molar-refractivity contribution in [3.63, 3.8) is 0 Å². The average Bonchev–Trinajstić information content (AvgIpc) is 2.46. The second-order valence-electron chi connectivity index (χ2n) is 6.31. The predicted molar refractivity (Wildman–Crippen MR) is 89.4 cm³/mol. The first-order valence-electron chi connectivity index (χ1n) is 7.67. The Bertz CT molecular complexity index is 436. The van der Waals surface area contributed by atoms with Crippen LogP contribution in [-0.2, 0) is 4.79 Å². The van der Waals surface area contributed by atoms with E-state index in [0.717, 1.165) is 25.1 Å². The van der Waals surface area contributed by atoms with Crippen LogP contribution in [0.5, 0.6) is 0 Å². The number of benzene rings is 1. The van der Waals surface area contributed by atoms with Crippen LogP contribution in [0.2, 0.25) is 0 Å². The van der Waals surface area contributed by atoms with E-state index in [-0.39, 0.29) is 18.3 Å². The molecule has 0 radical (unpaired) electrons. The van der Waals surface area contributed by atoms with Crippen molar-refractivity contribution in [1.82, 2.24) is 4.90 Å². The number of nitrogens with zero attached hydrogens (tertiary/aromatic N) is 1. The molecule has 1 aliphatic heterocycles. The van der Waals surface area contributed by atoms with Gasteiger partial charge < -0.3 is 10.6 Å². The van der Waals surface area contributed by atoms with Crippen LogP contribution in [-0.4, -0.2) is 23.9 Å². The van der Waals surface area contributed by atoms with Crippen molar-refractivity contribution in [2.45, 2.75) is 39.2 Å². The van der Waals surface area contributed by atoms with Crippen molar-refractivity contribution in [1.29, 1.82) is 0 Å². The van der Waals surface area contributed by atoms with E-state index in [2.05, 4.69) is 13.8 Å². The van der Waals surface area contributed by atoms with Gasteiger partial charge in [-0.25, -0.2) is 0 Å². The van der Waals surface area contributed by atoms with Crippen LogP contribution in [0.1, 0.15) is 44.7 Å². The van der Waals surface area contributed by atoms with Crippen LogP contribution in [0.25, 0.3) is 0 Å². The molecule has 3 nitrogen and oxygen atoms in total. The molecule has 0 saturated carbocycles. The molecule has 21 heavy (non-hydrogen) atoms. The van der Waals surface area contributed by atoms with Gasteiger partial charge >= 0.3 is 0 Å². The van der Waals surface area contributed by atoms with Crippen molar-refractivity contribution in [3.8, 4) is 0 Å². The van der Waals surface area contributed by atoms with Crippen LogP contribution in [0, 0.1) is 11.8 Å². The third kappa shape index (κ3) is 5.01. The van der Waals surface area contributed by atoms with Gasteiger partial charge in [-0.3, -0.25) is 4.79 Å². The lowest BCUT2D eigenvalue weighted by Gasteiger charge is -2.35. The molecule has 2 unspecified atom stereocenters. The third-order valence-corrected chi connectivity index (χ3v) is 4.06. The zero-order chi connectivity index (χ0) is 14.5. The third-order valence-electron chi connectivity index (χ3n) is 4.06. The molecule has 2 N–H and O–H groups in total. The lowest BCUT2D eigenvalue weighted by atomic mass is 9.89. The summed E-state index contributed by atoms with van der Waals surface area (Å²) in [5.74, 6) is 1.40. The van der Waals surface area contributed by atoms with E-state index in [4.69, 9.17) is 5.73 Å². The summed E-state index contributed by atoms with van der Waals surface area (Å²) >= 11 is 0. The lowest BCUT2D eigenvalue weighted by molar-refractivity contribution is -0.134. The zero-order valence-electron chi connectivity index (χ0n) is 13.0. The maximum absolute atomic E-state index is 12.5. The number of amides is 1. The maximum atomic E-state index is 12.5. The molecule has 1 aromatic rings. The molecule has 118 valence electrons. The Hall–Kier alpha value is -1.06. The summed E-state index contributed by atoms with van der Waals surface area (Å²) < 4.78 is 0. The molecule has 1 amide bonds. The van der Waals surface area contributed by atoms with Crippen molar-refractivity contribution >= 4 is 18.3 Å². The van der Waals surface area contributed by atoms with Gasteiger partial charge in [-0.2, -0.15) is 0 Å². The SMILES string of the molecule is CC(C)CC1CCCN(C(=O)C(N)c2ccccc2)C1.Cl. The fourth-order valence-corrected chi connectivity index (χ4v) is 3.12. The highest BCUT2D eigenvalue weighted by Gasteiger charge is 2.27. The molecule has 0 spiro atoms. The van der Waals surface area contributed by atoms with Crippen LogP contribution in [0.3, 0.4) is 0 Å². The van der Waals surface area contributed by atoms with Gasteiger partial charge in [0.2, 0.25) is 5.91 Å². The van der Waals surface area contributed by atoms with E-state index in [9.17, 15) is 4.79 Å². The van der Waals surface area contributed by atoms with Gasteiger partial charge in [-0.15, -0.1) is 12.4 Å². The highest BCUT2D eigenvalue weighted by atomic mass is 35.5. The van der Waals surface area contributed by atoms with Crippen LogP contribution in [0.15, 0.2) is 30.3 Å². The minimum absolute atomic E-state index is 0. The van der Waals surface area contributed by atoms with Gasteiger partial charge in [0.15, 0.2) is 0 Å². The molecular formula is C17H27ClN2O. The Kier molecular flexibility index (Phi) is 7.20. The number of hydrogen-bond donors (Lipinski definition) is 1. The topological polar surface area (TPSA) is 46.3 Å². The summed E-state index contributed by atoms with van der Waals surface area (Å²) in [6.07, 6.45) is 3.54. The van der Waals surface area contributed by atoms with E-state index >= 15 is 0 Å². The second-order valence-corrected chi connectivity index (χ2v) is 6.31. The fourth-order valence-electron chi connectivity index (χ4n) is 3.12.